The SMILES string of the molecule is Cc1cn(Cc2ccccc2C(=O)NC[C@H]2CCCO2)c(=NC(=O)c2ccccc2F)s1. The van der Waals surface area contributed by atoms with Gasteiger partial charge >= 0.3 is 0 Å². The molecule has 1 saturated heterocycles. The Morgan fingerprint density at radius 1 is 1.19 bits per heavy atom. The van der Waals surface area contributed by atoms with Crippen molar-refractivity contribution in [2.45, 2.75) is 32.4 Å². The average molecular weight is 454 g/mol. The van der Waals surface area contributed by atoms with Crippen LogP contribution in [0.5, 0.6) is 0 Å². The summed E-state index contributed by atoms with van der Waals surface area (Å²) in [6.45, 7) is 3.49. The van der Waals surface area contributed by atoms with Crippen LogP contribution in [0.4, 0.5) is 4.39 Å². The molecule has 1 N–H and O–H groups in total. The summed E-state index contributed by atoms with van der Waals surface area (Å²) >= 11 is 1.34. The summed E-state index contributed by atoms with van der Waals surface area (Å²) in [4.78, 5) is 30.9. The molecule has 2 heterocycles. The van der Waals surface area contributed by atoms with Gasteiger partial charge in [-0.25, -0.2) is 4.39 Å². The lowest BCUT2D eigenvalue weighted by molar-refractivity contribution is 0.0856. The predicted octanol–water partition coefficient (Wildman–Crippen LogP) is 3.70. The zero-order valence-corrected chi connectivity index (χ0v) is 18.5. The molecule has 8 heteroatoms. The number of carbonyl (C=O) groups is 2. The first kappa shape index (κ1) is 22.1. The monoisotopic (exact) mass is 453 g/mol. The number of nitrogens with one attached hydrogen (secondary N) is 1. The van der Waals surface area contributed by atoms with Gasteiger partial charge in [0.25, 0.3) is 11.8 Å². The Hall–Kier alpha value is -3.10. The summed E-state index contributed by atoms with van der Waals surface area (Å²) in [5.74, 6) is -1.40. The van der Waals surface area contributed by atoms with Gasteiger partial charge in [0.2, 0.25) is 0 Å². The summed E-state index contributed by atoms with van der Waals surface area (Å²) in [5.41, 5.74) is 1.29. The van der Waals surface area contributed by atoms with Gasteiger partial charge in [0.05, 0.1) is 18.2 Å². The van der Waals surface area contributed by atoms with E-state index >= 15 is 0 Å². The standard InChI is InChI=1S/C24H24FN3O3S/c1-16-14-28(24(32-16)27-23(30)20-10-4-5-11-21(20)25)15-17-7-2-3-9-19(17)22(29)26-13-18-8-6-12-31-18/h2-5,7,9-11,14,18H,6,8,12-13,15H2,1H3,(H,26,29)/t18-/m1/s1. The van der Waals surface area contributed by atoms with Gasteiger partial charge in [-0.2, -0.15) is 4.99 Å². The Labute approximate surface area is 189 Å². The normalized spacial score (nSPS) is 16.3. The first-order chi connectivity index (χ1) is 15.5. The Morgan fingerprint density at radius 3 is 2.69 bits per heavy atom. The lowest BCUT2D eigenvalue weighted by Crippen LogP contribution is -2.32. The summed E-state index contributed by atoms with van der Waals surface area (Å²) < 4.78 is 21.4. The third-order valence-corrected chi connectivity index (χ3v) is 6.19. The molecule has 32 heavy (non-hydrogen) atoms. The number of hydrogen-bond acceptors (Lipinski definition) is 4. The van der Waals surface area contributed by atoms with Gasteiger partial charge in [-0.1, -0.05) is 30.3 Å². The Morgan fingerprint density at radius 2 is 1.94 bits per heavy atom. The van der Waals surface area contributed by atoms with Crippen molar-refractivity contribution in [1.82, 2.24) is 9.88 Å². The molecule has 6 nitrogen and oxygen atoms in total. The molecule has 2 amide bonds. The Bertz CT molecular complexity index is 1190. The van der Waals surface area contributed by atoms with Crippen molar-refractivity contribution in [2.24, 2.45) is 4.99 Å². The number of benzene rings is 2. The number of amides is 2. The summed E-state index contributed by atoms with van der Waals surface area (Å²) in [6, 6.07) is 13.1. The molecular weight excluding hydrogens is 429 g/mol. The van der Waals surface area contributed by atoms with Crippen molar-refractivity contribution in [1.29, 1.82) is 0 Å². The Balaban J connectivity index is 1.57. The number of thiazole rings is 1. The third kappa shape index (κ3) is 5.20. The second-order valence-electron chi connectivity index (χ2n) is 7.65. The minimum Gasteiger partial charge on any atom is -0.376 e. The second kappa shape index (κ2) is 10.0. The fourth-order valence-electron chi connectivity index (χ4n) is 3.66. The van der Waals surface area contributed by atoms with Crippen molar-refractivity contribution < 1.29 is 18.7 Å². The highest BCUT2D eigenvalue weighted by Gasteiger charge is 2.18. The molecule has 1 atom stereocenters. The number of carbonyl (C=O) groups excluding carboxylic acids is 2. The van der Waals surface area contributed by atoms with Crippen LogP contribution in [0.3, 0.4) is 0 Å². The van der Waals surface area contributed by atoms with Crippen LogP contribution >= 0.6 is 11.3 Å². The highest BCUT2D eigenvalue weighted by atomic mass is 32.1. The predicted molar refractivity (Wildman–Crippen MR) is 120 cm³/mol. The first-order valence-corrected chi connectivity index (χ1v) is 11.3. The number of nitrogens with zero attached hydrogens (tertiary/aromatic N) is 2. The van der Waals surface area contributed by atoms with E-state index in [0.717, 1.165) is 29.9 Å². The summed E-state index contributed by atoms with van der Waals surface area (Å²) in [6.07, 6.45) is 3.91. The van der Waals surface area contributed by atoms with E-state index in [0.29, 0.717) is 23.5 Å². The van der Waals surface area contributed by atoms with Gasteiger partial charge in [-0.3, -0.25) is 9.59 Å². The molecule has 1 aliphatic rings. The molecule has 0 aliphatic carbocycles. The summed E-state index contributed by atoms with van der Waals surface area (Å²) in [7, 11) is 0. The van der Waals surface area contributed by atoms with E-state index in [1.54, 1.807) is 12.1 Å². The quantitative estimate of drug-likeness (QED) is 0.619. The Kier molecular flexibility index (Phi) is 6.92. The van der Waals surface area contributed by atoms with Crippen molar-refractivity contribution in [3.05, 3.63) is 86.9 Å². The smallest absolute Gasteiger partial charge is 0.282 e. The van der Waals surface area contributed by atoms with Crippen LogP contribution in [0, 0.1) is 12.7 Å². The fourth-order valence-corrected chi connectivity index (χ4v) is 4.49. The first-order valence-electron chi connectivity index (χ1n) is 10.5. The second-order valence-corrected chi connectivity index (χ2v) is 8.86. The topological polar surface area (TPSA) is 72.7 Å². The van der Waals surface area contributed by atoms with Gasteiger partial charge in [0.1, 0.15) is 5.82 Å². The highest BCUT2D eigenvalue weighted by molar-refractivity contribution is 7.09. The summed E-state index contributed by atoms with van der Waals surface area (Å²) in [5, 5.41) is 2.96. The van der Waals surface area contributed by atoms with E-state index in [4.69, 9.17) is 4.74 Å². The fraction of sp³-hybridized carbons (Fsp3) is 0.292. The number of halogens is 1. The van der Waals surface area contributed by atoms with Crippen LogP contribution in [-0.2, 0) is 11.3 Å². The van der Waals surface area contributed by atoms with E-state index in [1.807, 2.05) is 35.9 Å². The molecule has 2 aromatic carbocycles. The number of ether oxygens (including phenoxy) is 1. The molecule has 166 valence electrons. The van der Waals surface area contributed by atoms with Gasteiger partial charge in [0, 0.05) is 29.8 Å². The van der Waals surface area contributed by atoms with Crippen molar-refractivity contribution >= 4 is 23.2 Å². The van der Waals surface area contributed by atoms with E-state index < -0.39 is 11.7 Å². The zero-order chi connectivity index (χ0) is 22.5. The molecule has 4 rings (SSSR count). The largest absolute Gasteiger partial charge is 0.376 e. The number of aryl methyl sites for hydroxylation is 1. The maximum atomic E-state index is 14.0. The van der Waals surface area contributed by atoms with Gasteiger partial charge in [-0.15, -0.1) is 11.3 Å². The molecule has 0 bridgehead atoms. The van der Waals surface area contributed by atoms with Gasteiger partial charge < -0.3 is 14.6 Å². The van der Waals surface area contributed by atoms with Crippen LogP contribution in [0.15, 0.2) is 59.7 Å². The molecule has 0 saturated carbocycles. The van der Waals surface area contributed by atoms with Crippen molar-refractivity contribution in [3.8, 4) is 0 Å². The van der Waals surface area contributed by atoms with E-state index in [-0.39, 0.29) is 17.6 Å². The van der Waals surface area contributed by atoms with E-state index in [9.17, 15) is 14.0 Å². The van der Waals surface area contributed by atoms with Crippen LogP contribution in [0.2, 0.25) is 0 Å². The van der Waals surface area contributed by atoms with Gasteiger partial charge in [0.15, 0.2) is 4.80 Å². The molecule has 1 aromatic heterocycles. The number of hydrogen-bond donors (Lipinski definition) is 1. The molecule has 1 fully saturated rings. The molecule has 3 aromatic rings. The minimum absolute atomic E-state index is 0.0646. The molecule has 1 aliphatic heterocycles. The third-order valence-electron chi connectivity index (χ3n) is 5.25. The zero-order valence-electron chi connectivity index (χ0n) is 17.7. The van der Waals surface area contributed by atoms with Crippen LogP contribution < -0.4 is 10.1 Å². The number of aromatic nitrogens is 1. The molecule has 0 radical (unpaired) electrons. The maximum Gasteiger partial charge on any atom is 0.282 e. The highest BCUT2D eigenvalue weighted by Crippen LogP contribution is 2.14. The average Bonchev–Trinajstić information content (AvgIpc) is 3.42. The molecular formula is C24H24FN3O3S. The molecule has 0 spiro atoms. The number of rotatable bonds is 6. The molecule has 0 unspecified atom stereocenters. The van der Waals surface area contributed by atoms with Crippen molar-refractivity contribution in [3.63, 3.8) is 0 Å². The lowest BCUT2D eigenvalue weighted by atomic mass is 10.1. The van der Waals surface area contributed by atoms with Crippen LogP contribution in [0.25, 0.3) is 0 Å². The van der Waals surface area contributed by atoms with Crippen molar-refractivity contribution in [2.75, 3.05) is 13.2 Å². The van der Waals surface area contributed by atoms with Crippen LogP contribution in [-0.4, -0.2) is 35.6 Å². The minimum atomic E-state index is -0.638. The van der Waals surface area contributed by atoms with Crippen LogP contribution in [0.1, 0.15) is 44.0 Å². The van der Waals surface area contributed by atoms with Gasteiger partial charge in [-0.05, 0) is 43.5 Å². The van der Waals surface area contributed by atoms with E-state index in [1.165, 1.54) is 29.5 Å². The van der Waals surface area contributed by atoms with E-state index in [2.05, 4.69) is 10.3 Å². The lowest BCUT2D eigenvalue weighted by Gasteiger charge is -2.13. The maximum absolute atomic E-state index is 14.0.